The molecule has 6 nitrogen and oxygen atoms in total. The van der Waals surface area contributed by atoms with Gasteiger partial charge in [-0.1, -0.05) is 60.7 Å². The first-order valence-corrected chi connectivity index (χ1v) is 11.5. The van der Waals surface area contributed by atoms with E-state index in [1.165, 1.54) is 12.1 Å². The van der Waals surface area contributed by atoms with Crippen LogP contribution in [-0.4, -0.2) is 20.9 Å². The molecule has 31 heavy (non-hydrogen) atoms. The summed E-state index contributed by atoms with van der Waals surface area (Å²) in [4.78, 5) is 12.6. The van der Waals surface area contributed by atoms with Crippen LogP contribution < -0.4 is 10.0 Å². The average molecular weight is 439 g/mol. The average Bonchev–Trinajstić information content (AvgIpc) is 2.81. The Bertz CT molecular complexity index is 1100. The summed E-state index contributed by atoms with van der Waals surface area (Å²) in [5, 5.41) is 2.83. The van der Waals surface area contributed by atoms with Crippen LogP contribution in [0.5, 0.6) is 0 Å². The zero-order valence-electron chi connectivity index (χ0n) is 17.4. The van der Waals surface area contributed by atoms with Crippen molar-refractivity contribution in [3.8, 4) is 0 Å². The summed E-state index contributed by atoms with van der Waals surface area (Å²) < 4.78 is 33.2. The van der Waals surface area contributed by atoms with E-state index in [-0.39, 0.29) is 22.9 Å². The number of nitrogens with one attached hydrogen (secondary N) is 2. The van der Waals surface area contributed by atoms with Crippen LogP contribution in [-0.2, 0) is 34.5 Å². The fourth-order valence-corrected chi connectivity index (χ4v) is 3.98. The second-order valence-corrected chi connectivity index (χ2v) is 8.74. The van der Waals surface area contributed by atoms with Crippen molar-refractivity contribution < 1.29 is 17.9 Å². The zero-order valence-corrected chi connectivity index (χ0v) is 18.2. The molecule has 0 fully saturated rings. The molecule has 162 valence electrons. The smallest absolute Gasteiger partial charge is 0.251 e. The van der Waals surface area contributed by atoms with E-state index in [9.17, 15) is 13.2 Å². The van der Waals surface area contributed by atoms with Gasteiger partial charge in [0.15, 0.2) is 0 Å². The van der Waals surface area contributed by atoms with Gasteiger partial charge >= 0.3 is 0 Å². The highest BCUT2D eigenvalue weighted by atomic mass is 32.2. The SMILES string of the molecule is CCOCc1ccc(CNC(=O)c2cccc(S(=O)(=O)NCc3ccccc3)c2)cc1. The van der Waals surface area contributed by atoms with E-state index >= 15 is 0 Å². The van der Waals surface area contributed by atoms with Crippen LogP contribution in [0.3, 0.4) is 0 Å². The minimum atomic E-state index is -3.74. The van der Waals surface area contributed by atoms with Gasteiger partial charge in [-0.15, -0.1) is 0 Å². The number of amides is 1. The van der Waals surface area contributed by atoms with Crippen molar-refractivity contribution in [2.75, 3.05) is 6.61 Å². The maximum atomic E-state index is 12.6. The van der Waals surface area contributed by atoms with E-state index < -0.39 is 10.0 Å². The van der Waals surface area contributed by atoms with Gasteiger partial charge < -0.3 is 10.1 Å². The van der Waals surface area contributed by atoms with Gasteiger partial charge in [-0.05, 0) is 41.8 Å². The fourth-order valence-electron chi connectivity index (χ4n) is 2.92. The lowest BCUT2D eigenvalue weighted by Gasteiger charge is -2.10. The number of benzene rings is 3. The van der Waals surface area contributed by atoms with E-state index in [0.717, 1.165) is 16.7 Å². The van der Waals surface area contributed by atoms with Crippen molar-refractivity contribution >= 4 is 15.9 Å². The number of sulfonamides is 1. The van der Waals surface area contributed by atoms with E-state index in [0.29, 0.717) is 19.8 Å². The van der Waals surface area contributed by atoms with Gasteiger partial charge in [0.1, 0.15) is 0 Å². The Hall–Kier alpha value is -3.00. The lowest BCUT2D eigenvalue weighted by Crippen LogP contribution is -2.25. The molecule has 0 spiro atoms. The van der Waals surface area contributed by atoms with E-state index in [2.05, 4.69) is 10.0 Å². The highest BCUT2D eigenvalue weighted by molar-refractivity contribution is 7.89. The van der Waals surface area contributed by atoms with Crippen LogP contribution in [0.4, 0.5) is 0 Å². The van der Waals surface area contributed by atoms with Gasteiger partial charge in [-0.2, -0.15) is 0 Å². The van der Waals surface area contributed by atoms with Gasteiger partial charge in [-0.3, -0.25) is 4.79 Å². The molecule has 0 unspecified atom stereocenters. The molecule has 7 heteroatoms. The third-order valence-electron chi connectivity index (χ3n) is 4.66. The van der Waals surface area contributed by atoms with Crippen molar-refractivity contribution in [1.82, 2.24) is 10.0 Å². The lowest BCUT2D eigenvalue weighted by atomic mass is 10.1. The maximum Gasteiger partial charge on any atom is 0.251 e. The van der Waals surface area contributed by atoms with Crippen molar-refractivity contribution in [2.45, 2.75) is 31.5 Å². The molecule has 0 saturated heterocycles. The molecule has 1 amide bonds. The third-order valence-corrected chi connectivity index (χ3v) is 6.06. The Morgan fingerprint density at radius 2 is 1.52 bits per heavy atom. The van der Waals surface area contributed by atoms with Crippen molar-refractivity contribution in [3.63, 3.8) is 0 Å². The predicted octanol–water partition coefficient (Wildman–Crippen LogP) is 3.63. The highest BCUT2D eigenvalue weighted by Crippen LogP contribution is 2.13. The van der Waals surface area contributed by atoms with Gasteiger partial charge in [0.25, 0.3) is 5.91 Å². The van der Waals surface area contributed by atoms with Gasteiger partial charge in [-0.25, -0.2) is 13.1 Å². The lowest BCUT2D eigenvalue weighted by molar-refractivity contribution is 0.0950. The summed E-state index contributed by atoms with van der Waals surface area (Å²) in [5.74, 6) is -0.335. The van der Waals surface area contributed by atoms with E-state index in [4.69, 9.17) is 4.74 Å². The molecule has 0 aliphatic heterocycles. The molecule has 0 atom stereocenters. The molecule has 0 aliphatic carbocycles. The number of carbonyl (C=O) groups excluding carboxylic acids is 1. The minimum absolute atomic E-state index is 0.0522. The van der Waals surface area contributed by atoms with Gasteiger partial charge in [0, 0.05) is 25.3 Å². The Morgan fingerprint density at radius 1 is 0.839 bits per heavy atom. The molecule has 2 N–H and O–H groups in total. The Labute approximate surface area is 183 Å². The van der Waals surface area contributed by atoms with E-state index in [1.54, 1.807) is 12.1 Å². The molecule has 0 bridgehead atoms. The minimum Gasteiger partial charge on any atom is -0.377 e. The van der Waals surface area contributed by atoms with Crippen molar-refractivity contribution in [2.24, 2.45) is 0 Å². The normalized spacial score (nSPS) is 11.3. The molecular weight excluding hydrogens is 412 g/mol. The summed E-state index contributed by atoms with van der Waals surface area (Å²) in [6, 6.07) is 23.1. The summed E-state index contributed by atoms with van der Waals surface area (Å²) in [6.07, 6.45) is 0. The molecule has 3 aromatic rings. The second kappa shape index (κ2) is 10.9. The summed E-state index contributed by atoms with van der Waals surface area (Å²) in [7, 11) is -3.74. The quantitative estimate of drug-likeness (QED) is 0.506. The summed E-state index contributed by atoms with van der Waals surface area (Å²) in [5.41, 5.74) is 3.16. The molecule has 0 radical (unpaired) electrons. The number of rotatable bonds is 10. The highest BCUT2D eigenvalue weighted by Gasteiger charge is 2.16. The molecular formula is C24H26N2O4S. The van der Waals surface area contributed by atoms with Gasteiger partial charge in [0.2, 0.25) is 10.0 Å². The Balaban J connectivity index is 1.60. The van der Waals surface area contributed by atoms with Crippen LogP contribution in [0.1, 0.15) is 34.0 Å². The van der Waals surface area contributed by atoms with E-state index in [1.807, 2.05) is 61.5 Å². The summed E-state index contributed by atoms with van der Waals surface area (Å²) >= 11 is 0. The number of hydrogen-bond donors (Lipinski definition) is 2. The van der Waals surface area contributed by atoms with Crippen LogP contribution in [0.25, 0.3) is 0 Å². The monoisotopic (exact) mass is 438 g/mol. The maximum absolute atomic E-state index is 12.6. The van der Waals surface area contributed by atoms with Crippen molar-refractivity contribution in [1.29, 1.82) is 0 Å². The second-order valence-electron chi connectivity index (χ2n) is 6.97. The molecule has 3 rings (SSSR count). The van der Waals surface area contributed by atoms with Crippen LogP contribution in [0, 0.1) is 0 Å². The third kappa shape index (κ3) is 6.75. The topological polar surface area (TPSA) is 84.5 Å². The number of carbonyl (C=O) groups is 1. The van der Waals surface area contributed by atoms with Crippen LogP contribution in [0.15, 0.2) is 83.8 Å². The molecule has 0 aromatic heterocycles. The first-order chi connectivity index (χ1) is 15.0. The largest absolute Gasteiger partial charge is 0.377 e. The molecule has 3 aromatic carbocycles. The number of ether oxygens (including phenoxy) is 1. The Kier molecular flexibility index (Phi) is 7.94. The first-order valence-electron chi connectivity index (χ1n) is 10.1. The fraction of sp³-hybridized carbons (Fsp3) is 0.208. The van der Waals surface area contributed by atoms with Gasteiger partial charge in [0.05, 0.1) is 11.5 Å². The molecule has 0 heterocycles. The first kappa shape index (κ1) is 22.7. The molecule has 0 saturated carbocycles. The molecule has 0 aliphatic rings. The van der Waals surface area contributed by atoms with Crippen LogP contribution in [0.2, 0.25) is 0 Å². The van der Waals surface area contributed by atoms with Crippen LogP contribution >= 0.6 is 0 Å². The summed E-state index contributed by atoms with van der Waals surface area (Å²) in [6.45, 7) is 3.69. The standard InChI is InChI=1S/C24H26N2O4S/c1-2-30-18-21-13-11-20(12-14-21)16-25-24(27)22-9-6-10-23(15-22)31(28,29)26-17-19-7-4-3-5-8-19/h3-15,26H,2,16-18H2,1H3,(H,25,27). The predicted molar refractivity (Wildman–Crippen MR) is 120 cm³/mol. The zero-order chi connectivity index (χ0) is 22.1. The van der Waals surface area contributed by atoms with Crippen molar-refractivity contribution in [3.05, 3.63) is 101 Å². The number of hydrogen-bond acceptors (Lipinski definition) is 4. The Morgan fingerprint density at radius 3 is 2.23 bits per heavy atom.